The van der Waals surface area contributed by atoms with Crippen LogP contribution in [0.25, 0.3) is 0 Å². The van der Waals surface area contributed by atoms with Gasteiger partial charge in [0.1, 0.15) is 6.61 Å². The van der Waals surface area contributed by atoms with E-state index in [2.05, 4.69) is 41.3 Å². The number of nitrogens with two attached hydrogens (primary N) is 1. The van der Waals surface area contributed by atoms with Gasteiger partial charge < -0.3 is 10.1 Å². The summed E-state index contributed by atoms with van der Waals surface area (Å²) in [5, 5.41) is 3.28. The molecule has 0 bridgehead atoms. The van der Waals surface area contributed by atoms with Crippen LogP contribution in [0.3, 0.4) is 0 Å². The zero-order chi connectivity index (χ0) is 18.1. The third kappa shape index (κ3) is 5.46. The van der Waals surface area contributed by atoms with E-state index in [1.807, 2.05) is 25.2 Å². The number of anilines is 1. The molecule has 25 heavy (non-hydrogen) atoms. The van der Waals surface area contributed by atoms with Gasteiger partial charge in [-0.3, -0.25) is 10.2 Å². The van der Waals surface area contributed by atoms with Gasteiger partial charge in [-0.25, -0.2) is 10.8 Å². The number of carbonyl (C=O) groups is 1. The van der Waals surface area contributed by atoms with Crippen LogP contribution in [-0.2, 0) is 17.8 Å². The summed E-state index contributed by atoms with van der Waals surface area (Å²) < 4.78 is 5.94. The third-order valence-electron chi connectivity index (χ3n) is 4.07. The van der Waals surface area contributed by atoms with Crippen molar-refractivity contribution in [2.45, 2.75) is 38.7 Å². The molecule has 1 aromatic carbocycles. The summed E-state index contributed by atoms with van der Waals surface area (Å²) in [7, 11) is 1.96. The van der Waals surface area contributed by atoms with Gasteiger partial charge in [0, 0.05) is 30.1 Å². The van der Waals surface area contributed by atoms with Crippen LogP contribution in [-0.4, -0.2) is 18.4 Å². The number of aromatic nitrogens is 1. The van der Waals surface area contributed by atoms with Gasteiger partial charge in [0.25, 0.3) is 0 Å². The van der Waals surface area contributed by atoms with Gasteiger partial charge in [0.15, 0.2) is 0 Å². The molecule has 0 saturated heterocycles. The van der Waals surface area contributed by atoms with Crippen molar-refractivity contribution in [1.82, 2.24) is 10.4 Å². The number of pyridine rings is 1. The molecule has 3 rings (SSSR count). The monoisotopic (exact) mass is 342 g/mol. The molecule has 0 radical (unpaired) electrons. The number of benzene rings is 1. The second-order valence-corrected chi connectivity index (χ2v) is 5.79. The van der Waals surface area contributed by atoms with Gasteiger partial charge in [0.05, 0.1) is 0 Å². The van der Waals surface area contributed by atoms with Crippen molar-refractivity contribution in [2.75, 3.05) is 12.4 Å². The Kier molecular flexibility index (Phi) is 7.22. The lowest BCUT2D eigenvalue weighted by atomic mass is 10.0. The molecule has 1 aliphatic carbocycles. The van der Waals surface area contributed by atoms with Crippen LogP contribution < -0.4 is 21.3 Å². The number of hydrogen-bond acceptors (Lipinski definition) is 5. The first-order chi connectivity index (χ1) is 12.2. The molecular formula is C19H26N4O2. The van der Waals surface area contributed by atoms with Crippen molar-refractivity contribution in [3.05, 3.63) is 53.2 Å². The highest BCUT2D eigenvalue weighted by Crippen LogP contribution is 2.43. The molecule has 4 N–H and O–H groups in total. The number of amides is 1. The number of ether oxygens (including phenoxy) is 1. The zero-order valence-electron chi connectivity index (χ0n) is 14.8. The average molecular weight is 342 g/mol. The van der Waals surface area contributed by atoms with Gasteiger partial charge in [-0.15, -0.1) is 0 Å². The second kappa shape index (κ2) is 9.64. The highest BCUT2D eigenvalue weighted by Gasteiger charge is 2.27. The minimum atomic E-state index is 0.403. The Morgan fingerprint density at radius 2 is 2.00 bits per heavy atom. The van der Waals surface area contributed by atoms with Crippen LogP contribution in [0.2, 0.25) is 0 Å². The molecule has 1 heterocycles. The normalized spacial score (nSPS) is 12.6. The smallest absolute Gasteiger partial charge is 0.221 e. The van der Waals surface area contributed by atoms with Crippen molar-refractivity contribution in [1.29, 1.82) is 0 Å². The van der Waals surface area contributed by atoms with E-state index in [1.54, 1.807) is 5.43 Å². The van der Waals surface area contributed by atoms with Crippen LogP contribution >= 0.6 is 0 Å². The number of hydrazine groups is 1. The molecule has 0 spiro atoms. The Morgan fingerprint density at radius 1 is 1.28 bits per heavy atom. The highest BCUT2D eigenvalue weighted by atomic mass is 16.5. The topological polar surface area (TPSA) is 89.3 Å². The first-order valence-corrected chi connectivity index (χ1v) is 8.51. The fraction of sp³-hybridized carbons (Fsp3) is 0.368. The summed E-state index contributed by atoms with van der Waals surface area (Å²) in [5.41, 5.74) is 6.67. The fourth-order valence-corrected chi connectivity index (χ4v) is 2.66. The summed E-state index contributed by atoms with van der Waals surface area (Å²) in [6.07, 6.45) is 3.92. The van der Waals surface area contributed by atoms with E-state index < -0.39 is 0 Å². The van der Waals surface area contributed by atoms with Gasteiger partial charge in [-0.1, -0.05) is 25.1 Å². The van der Waals surface area contributed by atoms with Crippen molar-refractivity contribution in [3.63, 3.8) is 0 Å². The minimum Gasteiger partial charge on any atom is -0.473 e. The van der Waals surface area contributed by atoms with Crippen molar-refractivity contribution < 1.29 is 9.53 Å². The number of carbonyl (C=O) groups excluding carboxylic acids is 1. The van der Waals surface area contributed by atoms with Gasteiger partial charge in [-0.2, -0.15) is 0 Å². The quantitative estimate of drug-likeness (QED) is 0.312. The number of hydrogen-bond donors (Lipinski definition) is 3. The molecule has 1 saturated carbocycles. The maximum atomic E-state index is 8.94. The van der Waals surface area contributed by atoms with E-state index in [9.17, 15) is 0 Å². The van der Waals surface area contributed by atoms with E-state index in [0.717, 1.165) is 17.8 Å². The van der Waals surface area contributed by atoms with Crippen LogP contribution in [0.1, 0.15) is 42.5 Å². The first-order valence-electron chi connectivity index (χ1n) is 8.51. The molecule has 6 heteroatoms. The third-order valence-corrected chi connectivity index (χ3v) is 4.07. The molecule has 1 aromatic heterocycles. The Morgan fingerprint density at radius 3 is 2.60 bits per heavy atom. The van der Waals surface area contributed by atoms with E-state index in [1.165, 1.54) is 24.0 Å². The zero-order valence-corrected chi connectivity index (χ0v) is 14.8. The number of aryl methyl sites for hydroxylation is 1. The largest absolute Gasteiger partial charge is 0.473 e. The molecule has 2 aromatic rings. The average Bonchev–Trinajstić information content (AvgIpc) is 3.51. The molecule has 1 fully saturated rings. The SMILES string of the molecule is CCc1cccc(OCc2c(NC)cccc2C2CC2)n1.NNC=O. The van der Waals surface area contributed by atoms with Gasteiger partial charge in [-0.05, 0) is 42.9 Å². The second-order valence-electron chi connectivity index (χ2n) is 5.79. The maximum Gasteiger partial charge on any atom is 0.221 e. The van der Waals surface area contributed by atoms with Crippen LogP contribution in [0.5, 0.6) is 5.88 Å². The van der Waals surface area contributed by atoms with Gasteiger partial charge in [0.2, 0.25) is 12.3 Å². The molecule has 6 nitrogen and oxygen atoms in total. The Hall–Kier alpha value is -2.60. The van der Waals surface area contributed by atoms with Crippen molar-refractivity contribution in [2.24, 2.45) is 5.84 Å². The lowest BCUT2D eigenvalue weighted by molar-refractivity contribution is -0.109. The van der Waals surface area contributed by atoms with E-state index in [-0.39, 0.29) is 0 Å². The minimum absolute atomic E-state index is 0.403. The lowest BCUT2D eigenvalue weighted by Crippen LogP contribution is -2.18. The molecule has 1 aliphatic rings. The summed E-state index contributed by atoms with van der Waals surface area (Å²) in [4.78, 5) is 13.4. The summed E-state index contributed by atoms with van der Waals surface area (Å²) in [6, 6.07) is 12.4. The van der Waals surface area contributed by atoms with E-state index in [0.29, 0.717) is 24.8 Å². The molecule has 1 amide bonds. The number of nitrogens with zero attached hydrogens (tertiary/aromatic N) is 1. The predicted octanol–water partition coefficient (Wildman–Crippen LogP) is 2.75. The lowest BCUT2D eigenvalue weighted by Gasteiger charge is -2.15. The fourth-order valence-electron chi connectivity index (χ4n) is 2.66. The molecule has 134 valence electrons. The Labute approximate surface area is 148 Å². The Bertz CT molecular complexity index is 687. The number of rotatable bonds is 7. The highest BCUT2D eigenvalue weighted by molar-refractivity contribution is 5.55. The van der Waals surface area contributed by atoms with Crippen LogP contribution in [0, 0.1) is 0 Å². The molecular weight excluding hydrogens is 316 g/mol. The van der Waals surface area contributed by atoms with Crippen molar-refractivity contribution >= 4 is 12.1 Å². The predicted molar refractivity (Wildman–Crippen MR) is 99.3 cm³/mol. The molecule has 0 aliphatic heterocycles. The van der Waals surface area contributed by atoms with Crippen molar-refractivity contribution in [3.8, 4) is 5.88 Å². The van der Waals surface area contributed by atoms with Crippen LogP contribution in [0.15, 0.2) is 36.4 Å². The molecule has 0 atom stereocenters. The number of nitrogens with one attached hydrogen (secondary N) is 2. The van der Waals surface area contributed by atoms with E-state index >= 15 is 0 Å². The Balaban J connectivity index is 0.000000511. The van der Waals surface area contributed by atoms with E-state index in [4.69, 9.17) is 9.53 Å². The first kappa shape index (κ1) is 18.7. The standard InChI is InChI=1S/C18H22N2O.CH4N2O/c1-3-14-6-4-9-18(20-14)21-12-16-15(13-10-11-13)7-5-8-17(16)19-2;2-3-1-4/h4-9,13,19H,3,10-12H2,1-2H3;1H,2H2,(H,3,4). The maximum absolute atomic E-state index is 8.94. The summed E-state index contributed by atoms with van der Waals surface area (Å²) in [5.74, 6) is 5.83. The summed E-state index contributed by atoms with van der Waals surface area (Å²) in [6.45, 7) is 2.68. The van der Waals surface area contributed by atoms with Crippen LogP contribution in [0.4, 0.5) is 5.69 Å². The summed E-state index contributed by atoms with van der Waals surface area (Å²) >= 11 is 0. The molecule has 0 unspecified atom stereocenters. The van der Waals surface area contributed by atoms with Gasteiger partial charge >= 0.3 is 0 Å².